The average Bonchev–Trinajstić information content (AvgIpc) is 2.82. The van der Waals surface area contributed by atoms with Gasteiger partial charge >= 0.3 is 0 Å². The molecule has 1 fully saturated rings. The molecule has 2 rings (SSSR count). The zero-order valence-corrected chi connectivity index (χ0v) is 10.6. The topological polar surface area (TPSA) is 29.9 Å². The first-order valence-corrected chi connectivity index (χ1v) is 6.39. The molecule has 2 atom stereocenters. The van der Waals surface area contributed by atoms with Gasteiger partial charge in [-0.05, 0) is 31.4 Å². The summed E-state index contributed by atoms with van der Waals surface area (Å²) in [4.78, 5) is 0. The monoisotopic (exact) mass is 221 g/mol. The van der Waals surface area contributed by atoms with Gasteiger partial charge in [0.2, 0.25) is 0 Å². The minimum Gasteiger partial charge on any atom is -0.314 e. The molecule has 1 aromatic heterocycles. The highest BCUT2D eigenvalue weighted by atomic mass is 15.3. The van der Waals surface area contributed by atoms with Crippen LogP contribution in [0.25, 0.3) is 0 Å². The Labute approximate surface area is 98.2 Å². The van der Waals surface area contributed by atoms with Crippen molar-refractivity contribution in [1.29, 1.82) is 0 Å². The zero-order chi connectivity index (χ0) is 11.5. The van der Waals surface area contributed by atoms with Crippen LogP contribution in [-0.4, -0.2) is 22.4 Å². The van der Waals surface area contributed by atoms with E-state index in [0.717, 1.165) is 12.5 Å². The first-order chi connectivity index (χ1) is 7.68. The molecule has 1 aliphatic carbocycles. The molecule has 3 nitrogen and oxygen atoms in total. The largest absolute Gasteiger partial charge is 0.314 e. The Balaban J connectivity index is 2.01. The summed E-state index contributed by atoms with van der Waals surface area (Å²) >= 11 is 0. The van der Waals surface area contributed by atoms with Crippen LogP contribution in [0.3, 0.4) is 0 Å². The van der Waals surface area contributed by atoms with E-state index in [1.54, 1.807) is 0 Å². The second-order valence-electron chi connectivity index (χ2n) is 5.24. The van der Waals surface area contributed by atoms with E-state index in [2.05, 4.69) is 37.4 Å². The van der Waals surface area contributed by atoms with Crippen molar-refractivity contribution >= 4 is 0 Å². The van der Waals surface area contributed by atoms with Crippen molar-refractivity contribution in [2.75, 3.05) is 6.54 Å². The van der Waals surface area contributed by atoms with Gasteiger partial charge in [0.15, 0.2) is 0 Å². The fourth-order valence-electron chi connectivity index (χ4n) is 2.81. The summed E-state index contributed by atoms with van der Waals surface area (Å²) in [5.41, 5.74) is 1.41. The number of nitrogens with one attached hydrogen (secondary N) is 1. The maximum atomic E-state index is 4.29. The molecule has 0 aromatic carbocycles. The van der Waals surface area contributed by atoms with Gasteiger partial charge in [0, 0.05) is 30.9 Å². The van der Waals surface area contributed by atoms with Crippen LogP contribution < -0.4 is 5.32 Å². The molecule has 0 bridgehead atoms. The molecular formula is C13H23N3. The maximum Gasteiger partial charge on any atom is 0.0492 e. The van der Waals surface area contributed by atoms with Gasteiger partial charge in [-0.2, -0.15) is 5.10 Å². The van der Waals surface area contributed by atoms with Crippen LogP contribution in [0.1, 0.15) is 44.7 Å². The molecule has 0 spiro atoms. The molecule has 1 saturated carbocycles. The fraction of sp³-hybridized carbons (Fsp3) is 0.769. The van der Waals surface area contributed by atoms with E-state index < -0.39 is 0 Å². The van der Waals surface area contributed by atoms with Crippen LogP contribution >= 0.6 is 0 Å². The quantitative estimate of drug-likeness (QED) is 0.845. The van der Waals surface area contributed by atoms with Gasteiger partial charge in [0.05, 0.1) is 0 Å². The van der Waals surface area contributed by atoms with Gasteiger partial charge in [-0.3, -0.25) is 4.68 Å². The number of hydrogen-bond donors (Lipinski definition) is 1. The van der Waals surface area contributed by atoms with Crippen molar-refractivity contribution in [2.45, 2.75) is 45.1 Å². The Hall–Kier alpha value is -0.830. The summed E-state index contributed by atoms with van der Waals surface area (Å²) in [6, 6.07) is 2.77. The smallest absolute Gasteiger partial charge is 0.0492 e. The second kappa shape index (κ2) is 5.00. The normalized spacial score (nSPS) is 25.5. The van der Waals surface area contributed by atoms with E-state index >= 15 is 0 Å². The van der Waals surface area contributed by atoms with Crippen molar-refractivity contribution in [3.05, 3.63) is 18.0 Å². The van der Waals surface area contributed by atoms with Gasteiger partial charge in [0.1, 0.15) is 0 Å². The van der Waals surface area contributed by atoms with Gasteiger partial charge in [-0.25, -0.2) is 0 Å². The lowest BCUT2D eigenvalue weighted by molar-refractivity contribution is 0.410. The summed E-state index contributed by atoms with van der Waals surface area (Å²) in [5.74, 6) is 1.50. The summed E-state index contributed by atoms with van der Waals surface area (Å²) in [5, 5.41) is 7.86. The minimum atomic E-state index is 0.591. The highest BCUT2D eigenvalue weighted by Crippen LogP contribution is 2.38. The fourth-order valence-corrected chi connectivity index (χ4v) is 2.81. The van der Waals surface area contributed by atoms with E-state index in [4.69, 9.17) is 0 Å². The predicted octanol–water partition coefficient (Wildman–Crippen LogP) is 2.30. The Morgan fingerprint density at radius 1 is 1.50 bits per heavy atom. The molecular weight excluding hydrogens is 198 g/mol. The zero-order valence-electron chi connectivity index (χ0n) is 10.6. The van der Waals surface area contributed by atoms with Crippen LogP contribution in [0.15, 0.2) is 12.3 Å². The molecule has 1 aliphatic rings. The summed E-state index contributed by atoms with van der Waals surface area (Å²) in [6.45, 7) is 5.58. The number of nitrogens with zero attached hydrogens (tertiary/aromatic N) is 2. The van der Waals surface area contributed by atoms with Crippen LogP contribution in [0.2, 0.25) is 0 Å². The number of hydrogen-bond acceptors (Lipinski definition) is 2. The highest BCUT2D eigenvalue weighted by molar-refractivity contribution is 5.11. The van der Waals surface area contributed by atoms with Gasteiger partial charge in [0.25, 0.3) is 0 Å². The van der Waals surface area contributed by atoms with Crippen molar-refractivity contribution in [1.82, 2.24) is 15.1 Å². The van der Waals surface area contributed by atoms with E-state index in [9.17, 15) is 0 Å². The molecule has 0 aliphatic heterocycles. The summed E-state index contributed by atoms with van der Waals surface area (Å²) in [6.07, 6.45) is 5.96. The van der Waals surface area contributed by atoms with Gasteiger partial charge in [-0.1, -0.05) is 20.3 Å². The third-order valence-electron chi connectivity index (χ3n) is 3.69. The van der Waals surface area contributed by atoms with Crippen molar-refractivity contribution < 1.29 is 0 Å². The summed E-state index contributed by atoms with van der Waals surface area (Å²) in [7, 11) is 2.06. The lowest BCUT2D eigenvalue weighted by Crippen LogP contribution is -2.30. The molecule has 90 valence electrons. The number of aromatic nitrogens is 2. The summed E-state index contributed by atoms with van der Waals surface area (Å²) < 4.78 is 2.04. The van der Waals surface area contributed by atoms with Crippen LogP contribution in [0, 0.1) is 5.92 Å². The third kappa shape index (κ3) is 2.46. The van der Waals surface area contributed by atoms with Crippen molar-refractivity contribution in [2.24, 2.45) is 13.0 Å². The molecule has 1 aromatic rings. The third-order valence-corrected chi connectivity index (χ3v) is 3.69. The number of aryl methyl sites for hydroxylation is 1. The molecule has 16 heavy (non-hydrogen) atoms. The lowest BCUT2D eigenvalue weighted by Gasteiger charge is -2.21. The van der Waals surface area contributed by atoms with Gasteiger partial charge < -0.3 is 5.32 Å². The Bertz CT molecular complexity index is 330. The first kappa shape index (κ1) is 11.6. The minimum absolute atomic E-state index is 0.591. The average molecular weight is 221 g/mol. The Morgan fingerprint density at radius 2 is 2.31 bits per heavy atom. The molecule has 0 amide bonds. The molecule has 1 heterocycles. The van der Waals surface area contributed by atoms with E-state index in [1.807, 2.05) is 10.9 Å². The molecule has 2 unspecified atom stereocenters. The molecule has 0 saturated heterocycles. The van der Waals surface area contributed by atoms with Crippen LogP contribution in [0.4, 0.5) is 0 Å². The lowest BCUT2D eigenvalue weighted by atomic mass is 9.92. The predicted molar refractivity (Wildman–Crippen MR) is 66.4 cm³/mol. The van der Waals surface area contributed by atoms with Crippen LogP contribution in [-0.2, 0) is 7.05 Å². The van der Waals surface area contributed by atoms with Crippen LogP contribution in [0.5, 0.6) is 0 Å². The second-order valence-corrected chi connectivity index (χ2v) is 5.24. The maximum absolute atomic E-state index is 4.29. The van der Waals surface area contributed by atoms with Crippen molar-refractivity contribution in [3.8, 4) is 0 Å². The molecule has 3 heteroatoms. The standard InChI is InChI=1S/C13H23N3/c1-10(2)14-9-11-5-4-6-12(11)13-7-8-15-16(13)3/h7-8,10-12,14H,4-6,9H2,1-3H3. The highest BCUT2D eigenvalue weighted by Gasteiger charge is 2.30. The van der Waals surface area contributed by atoms with Gasteiger partial charge in [-0.15, -0.1) is 0 Å². The molecule has 0 radical (unpaired) electrons. The number of rotatable bonds is 4. The van der Waals surface area contributed by atoms with E-state index in [0.29, 0.717) is 12.0 Å². The SMILES string of the molecule is CC(C)NCC1CCCC1c1ccnn1C. The Morgan fingerprint density at radius 3 is 2.94 bits per heavy atom. The van der Waals surface area contributed by atoms with E-state index in [1.165, 1.54) is 25.0 Å². The molecule has 1 N–H and O–H groups in total. The first-order valence-electron chi connectivity index (χ1n) is 6.39. The van der Waals surface area contributed by atoms with E-state index in [-0.39, 0.29) is 0 Å². The van der Waals surface area contributed by atoms with Crippen molar-refractivity contribution in [3.63, 3.8) is 0 Å². The Kier molecular flexibility index (Phi) is 3.64.